The van der Waals surface area contributed by atoms with Crippen molar-refractivity contribution in [2.45, 2.75) is 42.9 Å². The average Bonchev–Trinajstić information content (AvgIpc) is 2.57. The SMILES string of the molecule is Cc1cc(C(F)(F)F)ccc1C1=CC2CCC(C1)S2(=O)=O. The predicted octanol–water partition coefficient (Wildman–Crippen LogP) is 3.75. The van der Waals surface area contributed by atoms with Gasteiger partial charge >= 0.3 is 6.18 Å². The molecule has 2 heterocycles. The third-order valence-corrected chi connectivity index (χ3v) is 6.94. The number of alkyl halides is 3. The van der Waals surface area contributed by atoms with Crippen LogP contribution in [0.1, 0.15) is 36.0 Å². The van der Waals surface area contributed by atoms with Gasteiger partial charge in [-0.25, -0.2) is 8.42 Å². The number of benzene rings is 1. The lowest BCUT2D eigenvalue weighted by atomic mass is 9.95. The molecule has 1 aromatic rings. The molecule has 21 heavy (non-hydrogen) atoms. The van der Waals surface area contributed by atoms with Crippen molar-refractivity contribution in [3.05, 3.63) is 41.0 Å². The molecule has 0 aromatic heterocycles. The first-order valence-electron chi connectivity index (χ1n) is 6.81. The van der Waals surface area contributed by atoms with E-state index in [1.807, 2.05) is 0 Å². The highest BCUT2D eigenvalue weighted by Crippen LogP contribution is 2.42. The van der Waals surface area contributed by atoms with E-state index in [4.69, 9.17) is 0 Å². The van der Waals surface area contributed by atoms with Crippen LogP contribution in [0.25, 0.3) is 5.57 Å². The Balaban J connectivity index is 2.00. The van der Waals surface area contributed by atoms with Crippen LogP contribution in [0, 0.1) is 6.92 Å². The predicted molar refractivity (Wildman–Crippen MR) is 74.5 cm³/mol. The first-order chi connectivity index (χ1) is 9.69. The minimum Gasteiger partial charge on any atom is -0.228 e. The Hall–Kier alpha value is -1.30. The van der Waals surface area contributed by atoms with E-state index >= 15 is 0 Å². The van der Waals surface area contributed by atoms with Crippen molar-refractivity contribution in [3.8, 4) is 0 Å². The van der Waals surface area contributed by atoms with Gasteiger partial charge in [-0.15, -0.1) is 0 Å². The molecular formula is C15H15F3O2S. The Morgan fingerprint density at radius 1 is 1.19 bits per heavy atom. The van der Waals surface area contributed by atoms with Crippen LogP contribution >= 0.6 is 0 Å². The smallest absolute Gasteiger partial charge is 0.228 e. The normalized spacial score (nSPS) is 27.5. The maximum absolute atomic E-state index is 12.7. The van der Waals surface area contributed by atoms with Crippen molar-refractivity contribution in [2.75, 3.05) is 0 Å². The zero-order valence-electron chi connectivity index (χ0n) is 11.4. The van der Waals surface area contributed by atoms with Crippen molar-refractivity contribution in [1.29, 1.82) is 0 Å². The van der Waals surface area contributed by atoms with Crippen molar-refractivity contribution in [1.82, 2.24) is 0 Å². The molecule has 2 unspecified atom stereocenters. The highest BCUT2D eigenvalue weighted by molar-refractivity contribution is 7.93. The standard InChI is InChI=1S/C15H15F3O2S/c1-9-6-11(15(16,17)18)2-5-14(9)10-7-12-3-4-13(8-10)21(12,19)20/h2,5-7,12-13H,3-4,8H2,1H3. The number of sulfone groups is 1. The van der Waals surface area contributed by atoms with E-state index in [1.54, 1.807) is 13.0 Å². The molecule has 0 spiro atoms. The second kappa shape index (κ2) is 4.60. The van der Waals surface area contributed by atoms with Gasteiger partial charge in [0, 0.05) is 0 Å². The van der Waals surface area contributed by atoms with Crippen molar-refractivity contribution >= 4 is 15.4 Å². The molecular weight excluding hydrogens is 301 g/mol. The minimum absolute atomic E-state index is 0.371. The molecule has 1 fully saturated rings. The molecule has 2 aliphatic rings. The first-order valence-corrected chi connectivity index (χ1v) is 8.42. The summed E-state index contributed by atoms with van der Waals surface area (Å²) in [6.07, 6.45) is -0.949. The first kappa shape index (κ1) is 14.6. The number of allylic oxidation sites excluding steroid dienone is 1. The van der Waals surface area contributed by atoms with Gasteiger partial charge in [0.1, 0.15) is 0 Å². The molecule has 2 nitrogen and oxygen atoms in total. The van der Waals surface area contributed by atoms with Gasteiger partial charge in [-0.05, 0) is 55.0 Å². The van der Waals surface area contributed by atoms with E-state index < -0.39 is 26.8 Å². The highest BCUT2D eigenvalue weighted by Gasteiger charge is 2.43. The molecule has 0 N–H and O–H groups in total. The molecule has 0 saturated carbocycles. The largest absolute Gasteiger partial charge is 0.416 e. The Morgan fingerprint density at radius 3 is 2.48 bits per heavy atom. The zero-order chi connectivity index (χ0) is 15.4. The lowest BCUT2D eigenvalue weighted by molar-refractivity contribution is -0.137. The topological polar surface area (TPSA) is 34.1 Å². The average molecular weight is 316 g/mol. The van der Waals surface area contributed by atoms with E-state index in [2.05, 4.69) is 0 Å². The van der Waals surface area contributed by atoms with Gasteiger partial charge in [0.05, 0.1) is 16.1 Å². The van der Waals surface area contributed by atoms with Gasteiger partial charge in [-0.1, -0.05) is 12.1 Å². The van der Waals surface area contributed by atoms with Crippen molar-refractivity contribution in [3.63, 3.8) is 0 Å². The van der Waals surface area contributed by atoms with Crippen LogP contribution < -0.4 is 0 Å². The second-order valence-corrected chi connectivity index (χ2v) is 8.20. The molecule has 1 saturated heterocycles. The second-order valence-electron chi connectivity index (χ2n) is 5.75. The quantitative estimate of drug-likeness (QED) is 0.791. The van der Waals surface area contributed by atoms with Crippen LogP contribution in [0.4, 0.5) is 13.2 Å². The summed E-state index contributed by atoms with van der Waals surface area (Å²) in [7, 11) is -3.07. The van der Waals surface area contributed by atoms with Crippen molar-refractivity contribution in [2.24, 2.45) is 0 Å². The molecule has 2 aliphatic heterocycles. The number of aryl methyl sites for hydroxylation is 1. The van der Waals surface area contributed by atoms with Gasteiger partial charge in [-0.2, -0.15) is 13.2 Å². The van der Waals surface area contributed by atoms with Crippen LogP contribution in [0.5, 0.6) is 0 Å². The monoisotopic (exact) mass is 316 g/mol. The maximum atomic E-state index is 12.7. The fourth-order valence-electron chi connectivity index (χ4n) is 3.26. The summed E-state index contributed by atoms with van der Waals surface area (Å²) < 4.78 is 62.1. The lowest BCUT2D eigenvalue weighted by Gasteiger charge is -2.22. The van der Waals surface area contributed by atoms with E-state index in [0.717, 1.165) is 23.3 Å². The Labute approximate surface area is 121 Å². The number of fused-ring (bicyclic) bond motifs is 2. The van der Waals surface area contributed by atoms with Crippen LogP contribution in [-0.2, 0) is 16.0 Å². The Morgan fingerprint density at radius 2 is 1.90 bits per heavy atom. The summed E-state index contributed by atoms with van der Waals surface area (Å²) in [5.74, 6) is 0. The van der Waals surface area contributed by atoms with Gasteiger partial charge < -0.3 is 0 Å². The van der Waals surface area contributed by atoms with Crippen LogP contribution in [0.2, 0.25) is 0 Å². The number of hydrogen-bond acceptors (Lipinski definition) is 2. The number of rotatable bonds is 1. The molecule has 1 aromatic carbocycles. The lowest BCUT2D eigenvalue weighted by Crippen LogP contribution is -2.26. The third kappa shape index (κ3) is 2.39. The van der Waals surface area contributed by atoms with Gasteiger partial charge in [0.15, 0.2) is 9.84 Å². The van der Waals surface area contributed by atoms with E-state index in [-0.39, 0.29) is 5.25 Å². The highest BCUT2D eigenvalue weighted by atomic mass is 32.2. The maximum Gasteiger partial charge on any atom is 0.416 e. The molecule has 114 valence electrons. The summed E-state index contributed by atoms with van der Waals surface area (Å²) in [4.78, 5) is 0. The van der Waals surface area contributed by atoms with E-state index in [1.165, 1.54) is 6.07 Å². The van der Waals surface area contributed by atoms with E-state index in [0.29, 0.717) is 24.8 Å². The number of halogens is 3. The van der Waals surface area contributed by atoms with Crippen LogP contribution in [0.15, 0.2) is 24.3 Å². The van der Waals surface area contributed by atoms with Gasteiger partial charge in [0.2, 0.25) is 0 Å². The fraction of sp³-hybridized carbons (Fsp3) is 0.467. The minimum atomic E-state index is -4.35. The molecule has 0 radical (unpaired) electrons. The van der Waals surface area contributed by atoms with Crippen LogP contribution in [-0.4, -0.2) is 18.9 Å². The summed E-state index contributed by atoms with van der Waals surface area (Å²) in [6.45, 7) is 1.64. The summed E-state index contributed by atoms with van der Waals surface area (Å²) in [5, 5.41) is -0.836. The van der Waals surface area contributed by atoms with Crippen LogP contribution in [0.3, 0.4) is 0 Å². The Bertz CT molecular complexity index is 717. The summed E-state index contributed by atoms with van der Waals surface area (Å²) in [5.41, 5.74) is 1.46. The molecule has 2 bridgehead atoms. The zero-order valence-corrected chi connectivity index (χ0v) is 12.3. The molecule has 2 atom stereocenters. The summed E-state index contributed by atoms with van der Waals surface area (Å²) in [6, 6.07) is 3.65. The van der Waals surface area contributed by atoms with Crippen molar-refractivity contribution < 1.29 is 21.6 Å². The van der Waals surface area contributed by atoms with Gasteiger partial charge in [0.25, 0.3) is 0 Å². The number of hydrogen-bond donors (Lipinski definition) is 0. The molecule has 0 amide bonds. The fourth-order valence-corrected chi connectivity index (χ4v) is 5.45. The summed E-state index contributed by atoms with van der Waals surface area (Å²) >= 11 is 0. The molecule has 0 aliphatic carbocycles. The Kier molecular flexibility index (Phi) is 3.20. The van der Waals surface area contributed by atoms with Gasteiger partial charge in [-0.3, -0.25) is 0 Å². The molecule has 6 heteroatoms. The third-order valence-electron chi connectivity index (χ3n) is 4.39. The van der Waals surface area contributed by atoms with E-state index in [9.17, 15) is 21.6 Å². The molecule has 3 rings (SSSR count).